The van der Waals surface area contributed by atoms with E-state index in [4.69, 9.17) is 17.0 Å². The first-order valence-electron chi connectivity index (χ1n) is 6.38. The van der Waals surface area contributed by atoms with E-state index in [-0.39, 0.29) is 11.2 Å². The van der Waals surface area contributed by atoms with Crippen LogP contribution in [0.2, 0.25) is 0 Å². The molecule has 1 aromatic heterocycles. The lowest BCUT2D eigenvalue weighted by atomic mass is 9.96. The van der Waals surface area contributed by atoms with Crippen LogP contribution < -0.4 is 4.74 Å². The Hall–Kier alpha value is -2.02. The van der Waals surface area contributed by atoms with Gasteiger partial charge in [0.2, 0.25) is 4.77 Å². The molecule has 0 amide bonds. The molecule has 0 atom stereocenters. The number of benzene rings is 1. The zero-order valence-electron chi connectivity index (χ0n) is 12.3. The van der Waals surface area contributed by atoms with E-state index in [1.807, 2.05) is 20.8 Å². The van der Waals surface area contributed by atoms with E-state index in [1.165, 1.54) is 24.1 Å². The van der Waals surface area contributed by atoms with Gasteiger partial charge in [0.1, 0.15) is 0 Å². The third-order valence-electron chi connectivity index (χ3n) is 2.82. The lowest BCUT2D eigenvalue weighted by Crippen LogP contribution is -2.17. The number of ether oxygens (including phenoxy) is 1. The van der Waals surface area contributed by atoms with E-state index < -0.39 is 5.82 Å². The molecular formula is C14H17FN4OS. The smallest absolute Gasteiger partial charge is 0.216 e. The number of aromatic amines is 1. The summed E-state index contributed by atoms with van der Waals surface area (Å²) in [4.78, 5) is 0. The molecule has 0 spiro atoms. The highest BCUT2D eigenvalue weighted by Crippen LogP contribution is 2.20. The summed E-state index contributed by atoms with van der Waals surface area (Å²) in [5, 5.41) is 11.2. The molecule has 1 N–H and O–H groups in total. The predicted octanol–water partition coefficient (Wildman–Crippen LogP) is 3.27. The number of aromatic nitrogens is 3. The summed E-state index contributed by atoms with van der Waals surface area (Å²) in [6.45, 7) is 6.03. The van der Waals surface area contributed by atoms with Gasteiger partial charge in [-0.3, -0.25) is 5.10 Å². The average Bonchev–Trinajstić information content (AvgIpc) is 2.77. The van der Waals surface area contributed by atoms with Crippen LogP contribution in [0, 0.1) is 10.6 Å². The summed E-state index contributed by atoms with van der Waals surface area (Å²) in [6.07, 6.45) is 1.53. The lowest BCUT2D eigenvalue weighted by molar-refractivity contribution is 0.386. The molecule has 0 aliphatic heterocycles. The molecular weight excluding hydrogens is 291 g/mol. The largest absolute Gasteiger partial charge is 0.494 e. The highest BCUT2D eigenvalue weighted by molar-refractivity contribution is 7.71. The quantitative estimate of drug-likeness (QED) is 0.699. The predicted molar refractivity (Wildman–Crippen MR) is 82.1 cm³/mol. The van der Waals surface area contributed by atoms with Gasteiger partial charge in [-0.1, -0.05) is 20.8 Å². The maximum Gasteiger partial charge on any atom is 0.216 e. The Morgan fingerprint density at radius 3 is 2.71 bits per heavy atom. The Morgan fingerprint density at radius 2 is 2.14 bits per heavy atom. The number of methoxy groups -OCH3 is 1. The summed E-state index contributed by atoms with van der Waals surface area (Å²) >= 11 is 5.16. The average molecular weight is 308 g/mol. The Balaban J connectivity index is 2.36. The standard InChI is InChI=1S/C14H17FN4OS/c1-14(2,3)12-17-18-13(21)19(12)16-8-9-5-6-11(20-4)10(15)7-9/h5-8H,1-4H3,(H,18,21)/b16-8-. The van der Waals surface area contributed by atoms with Crippen molar-refractivity contribution in [1.82, 2.24) is 14.9 Å². The second kappa shape index (κ2) is 5.77. The number of hydrogen-bond acceptors (Lipinski definition) is 4. The van der Waals surface area contributed by atoms with E-state index in [1.54, 1.807) is 12.1 Å². The van der Waals surface area contributed by atoms with E-state index in [9.17, 15) is 4.39 Å². The van der Waals surface area contributed by atoms with Gasteiger partial charge in [0, 0.05) is 5.41 Å². The second-order valence-corrected chi connectivity index (χ2v) is 5.94. The van der Waals surface area contributed by atoms with Gasteiger partial charge in [-0.15, -0.1) is 0 Å². The van der Waals surface area contributed by atoms with Crippen molar-refractivity contribution >= 4 is 18.4 Å². The fourth-order valence-corrected chi connectivity index (χ4v) is 1.95. The first kappa shape index (κ1) is 15.4. The summed E-state index contributed by atoms with van der Waals surface area (Å²) < 4.78 is 20.4. The van der Waals surface area contributed by atoms with Crippen LogP contribution in [0.15, 0.2) is 23.3 Å². The summed E-state index contributed by atoms with van der Waals surface area (Å²) in [7, 11) is 1.42. The van der Waals surface area contributed by atoms with E-state index in [2.05, 4.69) is 15.3 Å². The third-order valence-corrected chi connectivity index (χ3v) is 3.08. The fourth-order valence-electron chi connectivity index (χ4n) is 1.77. The molecule has 2 rings (SSSR count). The lowest BCUT2D eigenvalue weighted by Gasteiger charge is -2.15. The zero-order valence-corrected chi connectivity index (χ0v) is 13.2. The molecule has 0 radical (unpaired) electrons. The highest BCUT2D eigenvalue weighted by atomic mass is 32.1. The zero-order chi connectivity index (χ0) is 15.6. The third kappa shape index (κ3) is 3.36. The van der Waals surface area contributed by atoms with Crippen LogP contribution in [0.1, 0.15) is 32.2 Å². The first-order chi connectivity index (χ1) is 9.82. The van der Waals surface area contributed by atoms with Crippen molar-refractivity contribution in [2.24, 2.45) is 5.10 Å². The summed E-state index contributed by atoms with van der Waals surface area (Å²) in [6, 6.07) is 4.62. The Kier molecular flexibility index (Phi) is 4.22. The monoisotopic (exact) mass is 308 g/mol. The van der Waals surface area contributed by atoms with Crippen LogP contribution in [-0.4, -0.2) is 28.2 Å². The highest BCUT2D eigenvalue weighted by Gasteiger charge is 2.21. The number of halogens is 1. The molecule has 0 aliphatic carbocycles. The van der Waals surface area contributed by atoms with Crippen molar-refractivity contribution in [3.63, 3.8) is 0 Å². The van der Waals surface area contributed by atoms with Crippen LogP contribution in [-0.2, 0) is 5.41 Å². The van der Waals surface area contributed by atoms with Gasteiger partial charge in [-0.2, -0.15) is 14.9 Å². The minimum Gasteiger partial charge on any atom is -0.494 e. The minimum absolute atomic E-state index is 0.197. The van der Waals surface area contributed by atoms with Crippen molar-refractivity contribution in [2.75, 3.05) is 7.11 Å². The molecule has 0 aliphatic rings. The normalized spacial score (nSPS) is 12.0. The molecule has 1 aromatic carbocycles. The molecule has 5 nitrogen and oxygen atoms in total. The molecule has 0 saturated heterocycles. The van der Waals surface area contributed by atoms with Crippen molar-refractivity contribution in [3.05, 3.63) is 40.2 Å². The molecule has 2 aromatic rings. The SMILES string of the molecule is COc1ccc(/C=N\n2c(C(C)(C)C)n[nH]c2=S)cc1F. The van der Waals surface area contributed by atoms with Gasteiger partial charge in [0.05, 0.1) is 13.3 Å². The topological polar surface area (TPSA) is 55.2 Å². The molecule has 0 fully saturated rings. The maximum absolute atomic E-state index is 13.6. The minimum atomic E-state index is -0.437. The van der Waals surface area contributed by atoms with Crippen molar-refractivity contribution in [2.45, 2.75) is 26.2 Å². The van der Waals surface area contributed by atoms with Crippen LogP contribution in [0.4, 0.5) is 4.39 Å². The molecule has 0 saturated carbocycles. The Bertz CT molecular complexity index is 727. The molecule has 21 heavy (non-hydrogen) atoms. The fraction of sp³-hybridized carbons (Fsp3) is 0.357. The van der Waals surface area contributed by atoms with Gasteiger partial charge >= 0.3 is 0 Å². The number of hydrogen-bond donors (Lipinski definition) is 1. The van der Waals surface area contributed by atoms with Crippen LogP contribution in [0.3, 0.4) is 0 Å². The second-order valence-electron chi connectivity index (χ2n) is 5.55. The van der Waals surface area contributed by atoms with Crippen molar-refractivity contribution in [3.8, 4) is 5.75 Å². The molecule has 7 heteroatoms. The summed E-state index contributed by atoms with van der Waals surface area (Å²) in [5.41, 5.74) is 0.395. The van der Waals surface area contributed by atoms with Gasteiger partial charge in [-0.25, -0.2) is 4.39 Å². The summed E-state index contributed by atoms with van der Waals surface area (Å²) in [5.74, 6) is 0.466. The molecule has 1 heterocycles. The van der Waals surface area contributed by atoms with Gasteiger partial charge in [0.15, 0.2) is 17.4 Å². The number of nitrogens with zero attached hydrogens (tertiary/aromatic N) is 3. The van der Waals surface area contributed by atoms with Gasteiger partial charge < -0.3 is 4.74 Å². The Labute approximate surface area is 127 Å². The molecule has 0 unspecified atom stereocenters. The Morgan fingerprint density at radius 1 is 1.43 bits per heavy atom. The van der Waals surface area contributed by atoms with Gasteiger partial charge in [-0.05, 0) is 36.0 Å². The number of nitrogens with one attached hydrogen (secondary N) is 1. The first-order valence-corrected chi connectivity index (χ1v) is 6.79. The van der Waals surface area contributed by atoms with Crippen LogP contribution in [0.25, 0.3) is 0 Å². The molecule has 0 bridgehead atoms. The van der Waals surface area contributed by atoms with E-state index >= 15 is 0 Å². The maximum atomic E-state index is 13.6. The molecule has 112 valence electrons. The van der Waals surface area contributed by atoms with Crippen LogP contribution >= 0.6 is 12.2 Å². The van der Waals surface area contributed by atoms with Crippen LogP contribution in [0.5, 0.6) is 5.75 Å². The van der Waals surface area contributed by atoms with Gasteiger partial charge in [0.25, 0.3) is 0 Å². The number of rotatable bonds is 3. The number of H-pyrrole nitrogens is 1. The van der Waals surface area contributed by atoms with E-state index in [0.717, 1.165) is 0 Å². The van der Waals surface area contributed by atoms with E-state index in [0.29, 0.717) is 16.2 Å². The van der Waals surface area contributed by atoms with Crippen molar-refractivity contribution < 1.29 is 9.13 Å². The van der Waals surface area contributed by atoms with Crippen molar-refractivity contribution in [1.29, 1.82) is 0 Å².